The fourth-order valence-corrected chi connectivity index (χ4v) is 3.42. The Morgan fingerprint density at radius 3 is 1.50 bits per heavy atom. The van der Waals surface area contributed by atoms with Crippen molar-refractivity contribution in [2.24, 2.45) is 0 Å². The summed E-state index contributed by atoms with van der Waals surface area (Å²) >= 11 is 0. The molecule has 0 aromatic rings. The molecule has 3 atom stereocenters. The summed E-state index contributed by atoms with van der Waals surface area (Å²) in [6.45, 7) is 1.81. The Balaban J connectivity index is 0. The number of rotatable bonds is 21. The van der Waals surface area contributed by atoms with Gasteiger partial charge in [0.05, 0.1) is 12.7 Å². The molecule has 0 aromatic carbocycles. The SMILES string of the molecule is CCCCCCCCCCCCCCCCO.O=CC[C@@H](O)[C@H](O)[C@H](O)COP(=O)(O)O. The normalized spacial score (nSPS) is 14.3. The third-order valence-corrected chi connectivity index (χ3v) is 5.54. The van der Waals surface area contributed by atoms with Gasteiger partial charge < -0.3 is 35.0 Å². The van der Waals surface area contributed by atoms with E-state index in [1.54, 1.807) is 0 Å². The molecule has 0 radical (unpaired) electrons. The van der Waals surface area contributed by atoms with Crippen molar-refractivity contribution in [2.45, 2.75) is 122 Å². The molecular formula is C22H47O9P. The van der Waals surface area contributed by atoms with Gasteiger partial charge in [0.25, 0.3) is 0 Å². The van der Waals surface area contributed by atoms with E-state index in [1.165, 1.54) is 83.5 Å². The number of carbonyl (C=O) groups is 1. The highest BCUT2D eigenvalue weighted by atomic mass is 31.2. The number of aliphatic hydroxyl groups excluding tert-OH is 4. The van der Waals surface area contributed by atoms with Gasteiger partial charge in [0.1, 0.15) is 18.5 Å². The highest BCUT2D eigenvalue weighted by Gasteiger charge is 2.27. The Morgan fingerprint density at radius 2 is 1.16 bits per heavy atom. The first-order valence-corrected chi connectivity index (χ1v) is 13.5. The molecule has 0 saturated heterocycles. The largest absolute Gasteiger partial charge is 0.469 e. The van der Waals surface area contributed by atoms with Crippen LogP contribution < -0.4 is 0 Å². The molecule has 0 fully saturated rings. The minimum atomic E-state index is -4.73. The Kier molecular flexibility index (Phi) is 25.1. The van der Waals surface area contributed by atoms with Gasteiger partial charge in [0.2, 0.25) is 0 Å². The van der Waals surface area contributed by atoms with E-state index in [2.05, 4.69) is 11.4 Å². The van der Waals surface area contributed by atoms with E-state index in [-0.39, 0.29) is 0 Å². The molecule has 0 rings (SSSR count). The smallest absolute Gasteiger partial charge is 0.396 e. The minimum Gasteiger partial charge on any atom is -0.396 e. The number of aldehydes is 1. The molecule has 0 bridgehead atoms. The fourth-order valence-electron chi connectivity index (χ4n) is 3.07. The van der Waals surface area contributed by atoms with E-state index >= 15 is 0 Å². The van der Waals surface area contributed by atoms with Crippen molar-refractivity contribution in [2.75, 3.05) is 13.2 Å². The maximum atomic E-state index is 10.2. The van der Waals surface area contributed by atoms with Crippen LogP contribution in [0, 0.1) is 0 Å². The highest BCUT2D eigenvalue weighted by molar-refractivity contribution is 7.46. The summed E-state index contributed by atoms with van der Waals surface area (Å²) < 4.78 is 14.1. The first-order chi connectivity index (χ1) is 15.2. The lowest BCUT2D eigenvalue weighted by atomic mass is 10.0. The molecular weight excluding hydrogens is 439 g/mol. The summed E-state index contributed by atoms with van der Waals surface area (Å²) in [5.41, 5.74) is 0. The maximum absolute atomic E-state index is 10.2. The van der Waals surface area contributed by atoms with Crippen LogP contribution in [-0.2, 0) is 13.9 Å². The maximum Gasteiger partial charge on any atom is 0.469 e. The summed E-state index contributed by atoms with van der Waals surface area (Å²) in [6, 6.07) is 0. The molecule has 194 valence electrons. The average Bonchev–Trinajstić information content (AvgIpc) is 2.75. The van der Waals surface area contributed by atoms with E-state index in [9.17, 15) is 9.36 Å². The summed E-state index contributed by atoms with van der Waals surface area (Å²) in [5, 5.41) is 35.9. The molecule has 0 aliphatic heterocycles. The van der Waals surface area contributed by atoms with Gasteiger partial charge >= 0.3 is 7.82 Å². The van der Waals surface area contributed by atoms with E-state index in [0.717, 1.165) is 6.42 Å². The predicted molar refractivity (Wildman–Crippen MR) is 124 cm³/mol. The van der Waals surface area contributed by atoms with E-state index in [0.29, 0.717) is 12.9 Å². The highest BCUT2D eigenvalue weighted by Crippen LogP contribution is 2.35. The number of phosphoric ester groups is 1. The van der Waals surface area contributed by atoms with Crippen molar-refractivity contribution in [1.82, 2.24) is 0 Å². The number of carbonyl (C=O) groups excluding carboxylic acids is 1. The quantitative estimate of drug-likeness (QED) is 0.0811. The molecule has 0 heterocycles. The second-order valence-corrected chi connectivity index (χ2v) is 9.37. The van der Waals surface area contributed by atoms with Gasteiger partial charge in [-0.3, -0.25) is 4.52 Å². The van der Waals surface area contributed by atoms with Crippen molar-refractivity contribution in [3.8, 4) is 0 Å². The lowest BCUT2D eigenvalue weighted by Gasteiger charge is -2.21. The monoisotopic (exact) mass is 486 g/mol. The van der Waals surface area contributed by atoms with Gasteiger partial charge in [-0.2, -0.15) is 0 Å². The van der Waals surface area contributed by atoms with Crippen LogP contribution in [-0.4, -0.2) is 68.0 Å². The van der Waals surface area contributed by atoms with Crippen LogP contribution in [0.1, 0.15) is 103 Å². The zero-order valence-corrected chi connectivity index (χ0v) is 20.6. The van der Waals surface area contributed by atoms with Crippen LogP contribution >= 0.6 is 7.82 Å². The van der Waals surface area contributed by atoms with Crippen LogP contribution in [0.25, 0.3) is 0 Å². The average molecular weight is 487 g/mol. The molecule has 9 nitrogen and oxygen atoms in total. The first-order valence-electron chi connectivity index (χ1n) is 12.0. The predicted octanol–water partition coefficient (Wildman–Crippen LogP) is 3.23. The van der Waals surface area contributed by atoms with Crippen LogP contribution in [0.4, 0.5) is 0 Å². The van der Waals surface area contributed by atoms with Gasteiger partial charge in [0, 0.05) is 13.0 Å². The van der Waals surface area contributed by atoms with Crippen molar-refractivity contribution >= 4 is 14.1 Å². The summed E-state index contributed by atoms with van der Waals surface area (Å²) in [5.74, 6) is 0. The van der Waals surface area contributed by atoms with Crippen LogP contribution in [0.3, 0.4) is 0 Å². The lowest BCUT2D eigenvalue weighted by molar-refractivity contribution is -0.115. The summed E-state index contributed by atoms with van der Waals surface area (Å²) in [4.78, 5) is 26.5. The van der Waals surface area contributed by atoms with Gasteiger partial charge in [-0.25, -0.2) is 4.57 Å². The first kappa shape index (κ1) is 33.8. The Bertz CT molecular complexity index is 431. The number of hydrogen-bond acceptors (Lipinski definition) is 7. The molecule has 0 unspecified atom stereocenters. The summed E-state index contributed by atoms with van der Waals surface area (Å²) in [7, 11) is -4.73. The Labute approximate surface area is 193 Å². The van der Waals surface area contributed by atoms with Gasteiger partial charge in [0.15, 0.2) is 0 Å². The van der Waals surface area contributed by atoms with Gasteiger partial charge in [-0.1, -0.05) is 90.4 Å². The number of hydrogen-bond donors (Lipinski definition) is 6. The molecule has 0 aliphatic rings. The third-order valence-electron chi connectivity index (χ3n) is 5.05. The molecule has 0 aliphatic carbocycles. The third kappa shape index (κ3) is 25.9. The molecule has 0 spiro atoms. The summed E-state index contributed by atoms with van der Waals surface area (Å²) in [6.07, 6.45) is 14.3. The van der Waals surface area contributed by atoms with Gasteiger partial charge in [-0.05, 0) is 6.42 Å². The van der Waals surface area contributed by atoms with Crippen molar-refractivity contribution in [1.29, 1.82) is 0 Å². The zero-order valence-electron chi connectivity index (χ0n) is 19.7. The molecule has 0 saturated carbocycles. The Hall–Kier alpha value is -0.380. The number of unbranched alkanes of at least 4 members (excludes halogenated alkanes) is 13. The van der Waals surface area contributed by atoms with Gasteiger partial charge in [-0.15, -0.1) is 0 Å². The standard InChI is InChI=1S/C16H34O.C6H13O8P/c1-2-3-4-5-6-7-8-9-10-11-12-13-14-15-16-17;7-2-1-4(8)6(10)5(9)3-14-15(11,12)13/h17H,2-16H2,1H3;2,4-6,8-10H,1,3H2,(H2,11,12,13)/t;4-,5-,6+/m.1/s1. The van der Waals surface area contributed by atoms with E-state index in [1.807, 2.05) is 0 Å². The topological polar surface area (TPSA) is 165 Å². The number of aliphatic hydroxyl groups is 4. The lowest BCUT2D eigenvalue weighted by Crippen LogP contribution is -2.40. The zero-order chi connectivity index (χ0) is 24.7. The van der Waals surface area contributed by atoms with E-state index in [4.69, 9.17) is 30.2 Å². The second-order valence-electron chi connectivity index (χ2n) is 8.13. The Morgan fingerprint density at radius 1 is 0.750 bits per heavy atom. The van der Waals surface area contributed by atoms with Crippen LogP contribution in [0.2, 0.25) is 0 Å². The molecule has 0 amide bonds. The fraction of sp³-hybridized carbons (Fsp3) is 0.955. The molecule has 6 N–H and O–H groups in total. The number of phosphoric acid groups is 1. The van der Waals surface area contributed by atoms with E-state index < -0.39 is 39.2 Å². The second kappa shape index (κ2) is 23.8. The van der Waals surface area contributed by atoms with Crippen molar-refractivity contribution in [3.05, 3.63) is 0 Å². The molecule has 0 aromatic heterocycles. The van der Waals surface area contributed by atoms with Crippen molar-refractivity contribution < 1.29 is 44.1 Å². The molecule has 10 heteroatoms. The minimum absolute atomic E-state index is 0.338. The van der Waals surface area contributed by atoms with Crippen LogP contribution in [0.15, 0.2) is 0 Å². The van der Waals surface area contributed by atoms with Crippen LogP contribution in [0.5, 0.6) is 0 Å². The van der Waals surface area contributed by atoms with Crippen molar-refractivity contribution in [3.63, 3.8) is 0 Å². The molecule has 32 heavy (non-hydrogen) atoms.